The summed E-state index contributed by atoms with van der Waals surface area (Å²) in [6.45, 7) is 7.90. The fourth-order valence-electron chi connectivity index (χ4n) is 3.75. The molecule has 0 saturated carbocycles. The van der Waals surface area contributed by atoms with Crippen molar-refractivity contribution in [3.63, 3.8) is 0 Å². The predicted octanol–water partition coefficient (Wildman–Crippen LogP) is 5.86. The largest absolute Gasteiger partial charge is 0.353 e. The van der Waals surface area contributed by atoms with E-state index < -0.39 is 9.84 Å². The lowest BCUT2D eigenvalue weighted by Gasteiger charge is -2.09. The molecule has 0 radical (unpaired) electrons. The quantitative estimate of drug-likeness (QED) is 0.427. The highest BCUT2D eigenvalue weighted by Crippen LogP contribution is 2.34. The number of aromatic nitrogens is 2. The normalized spacial score (nSPS) is 11.5. The number of H-pyrrole nitrogens is 2. The first kappa shape index (κ1) is 21.8. The molecule has 162 valence electrons. The summed E-state index contributed by atoms with van der Waals surface area (Å²) in [5, 5.41) is 0.971. The summed E-state index contributed by atoms with van der Waals surface area (Å²) in [7, 11) is -3.34. The lowest BCUT2D eigenvalue weighted by atomic mass is 10.00. The number of hydrogen-bond donors (Lipinski definition) is 2. The molecule has 0 aliphatic carbocycles. The number of fused-ring (bicyclic) bond motifs is 3. The van der Waals surface area contributed by atoms with E-state index in [1.165, 1.54) is 11.8 Å². The fourth-order valence-corrected chi connectivity index (χ4v) is 4.42. The predicted molar refractivity (Wildman–Crippen MR) is 129 cm³/mol. The number of hydrogen-bond acceptors (Lipinski definition) is 3. The molecule has 2 aromatic heterocycles. The molecule has 0 amide bonds. The third-order valence-electron chi connectivity index (χ3n) is 5.16. The van der Waals surface area contributed by atoms with Crippen LogP contribution in [0.1, 0.15) is 41.2 Å². The van der Waals surface area contributed by atoms with Crippen LogP contribution in [-0.2, 0) is 16.3 Å². The Labute approximate surface area is 180 Å². The van der Waals surface area contributed by atoms with Crippen molar-refractivity contribution >= 4 is 31.8 Å². The smallest absolute Gasteiger partial charge is 0.252 e. The molecule has 5 nitrogen and oxygen atoms in total. The molecular formula is C24H32N2O3S. The van der Waals surface area contributed by atoms with Gasteiger partial charge >= 0.3 is 0 Å². The van der Waals surface area contributed by atoms with Gasteiger partial charge in [0, 0.05) is 31.1 Å². The van der Waals surface area contributed by atoms with E-state index in [1.54, 1.807) is 25.1 Å². The van der Waals surface area contributed by atoms with Crippen molar-refractivity contribution < 1.29 is 11.3 Å². The van der Waals surface area contributed by atoms with Gasteiger partial charge in [0.15, 0.2) is 9.84 Å². The van der Waals surface area contributed by atoms with Gasteiger partial charge in [-0.25, -0.2) is 8.42 Å². The number of aryl methyl sites for hydroxylation is 1. The molecule has 4 rings (SSSR count). The minimum atomic E-state index is -3.34. The molecule has 30 heavy (non-hydrogen) atoms. The molecule has 0 spiro atoms. The summed E-state index contributed by atoms with van der Waals surface area (Å²) in [6, 6.07) is 13.0. The molecule has 2 heterocycles. The second kappa shape index (κ2) is 8.48. The lowest BCUT2D eigenvalue weighted by Crippen LogP contribution is -2.11. The van der Waals surface area contributed by atoms with E-state index in [-0.39, 0.29) is 13.3 Å². The van der Waals surface area contributed by atoms with Gasteiger partial charge in [0.1, 0.15) is 0 Å². The summed E-state index contributed by atoms with van der Waals surface area (Å²) in [5.74, 6) is 0. The SMILES string of the molecule is CC.CCCc1ccc2[nH]c3c(-c4cccc(S(C)(=O)=O)c4)c(C)c(=O)[nH]c3c2c1.[HH].[HH]. The van der Waals surface area contributed by atoms with Gasteiger partial charge in [-0.3, -0.25) is 4.79 Å². The van der Waals surface area contributed by atoms with Crippen molar-refractivity contribution in [1.82, 2.24) is 9.97 Å². The van der Waals surface area contributed by atoms with Crippen molar-refractivity contribution in [1.29, 1.82) is 0 Å². The van der Waals surface area contributed by atoms with Crippen LogP contribution < -0.4 is 5.56 Å². The maximum absolute atomic E-state index is 12.7. The van der Waals surface area contributed by atoms with Crippen molar-refractivity contribution in [2.24, 2.45) is 0 Å². The number of aromatic amines is 2. The molecule has 2 aromatic carbocycles. The average molecular weight is 429 g/mol. The highest BCUT2D eigenvalue weighted by atomic mass is 32.2. The third kappa shape index (κ3) is 3.92. The minimum Gasteiger partial charge on any atom is -0.353 e. The van der Waals surface area contributed by atoms with Crippen LogP contribution in [-0.4, -0.2) is 24.6 Å². The van der Waals surface area contributed by atoms with Crippen LogP contribution >= 0.6 is 0 Å². The zero-order chi connectivity index (χ0) is 22.1. The van der Waals surface area contributed by atoms with Gasteiger partial charge in [-0.05, 0) is 48.7 Å². The fraction of sp³-hybridized carbons (Fsp3) is 0.292. The van der Waals surface area contributed by atoms with Crippen LogP contribution in [0, 0.1) is 6.92 Å². The van der Waals surface area contributed by atoms with E-state index in [4.69, 9.17) is 0 Å². The Morgan fingerprint density at radius 3 is 2.40 bits per heavy atom. The Balaban J connectivity index is 0.00000125. The highest BCUT2D eigenvalue weighted by Gasteiger charge is 2.17. The van der Waals surface area contributed by atoms with E-state index >= 15 is 0 Å². The van der Waals surface area contributed by atoms with Crippen LogP contribution in [0.5, 0.6) is 0 Å². The van der Waals surface area contributed by atoms with Crippen molar-refractivity contribution in [3.05, 3.63) is 63.9 Å². The minimum absolute atomic E-state index is 0. The van der Waals surface area contributed by atoms with Gasteiger partial charge in [0.25, 0.3) is 5.56 Å². The monoisotopic (exact) mass is 428 g/mol. The molecule has 2 N–H and O–H groups in total. The first-order chi connectivity index (χ1) is 14.3. The number of rotatable bonds is 4. The van der Waals surface area contributed by atoms with Crippen LogP contribution in [0.3, 0.4) is 0 Å². The number of pyridine rings is 1. The molecule has 4 aromatic rings. The van der Waals surface area contributed by atoms with Gasteiger partial charge < -0.3 is 9.97 Å². The van der Waals surface area contributed by atoms with Crippen molar-refractivity contribution in [2.45, 2.75) is 45.4 Å². The van der Waals surface area contributed by atoms with E-state index in [2.05, 4.69) is 29.0 Å². The van der Waals surface area contributed by atoms with Crippen LogP contribution in [0.25, 0.3) is 33.1 Å². The maximum Gasteiger partial charge on any atom is 0.252 e. The zero-order valence-corrected chi connectivity index (χ0v) is 18.9. The highest BCUT2D eigenvalue weighted by molar-refractivity contribution is 7.90. The summed E-state index contributed by atoms with van der Waals surface area (Å²) < 4.78 is 24.0. The Kier molecular flexibility index (Phi) is 6.17. The third-order valence-corrected chi connectivity index (χ3v) is 6.27. The van der Waals surface area contributed by atoms with Crippen LogP contribution in [0.2, 0.25) is 0 Å². The van der Waals surface area contributed by atoms with Crippen LogP contribution in [0.4, 0.5) is 0 Å². The van der Waals surface area contributed by atoms with Crippen molar-refractivity contribution in [2.75, 3.05) is 6.26 Å². The molecule has 0 aliphatic heterocycles. The van der Waals surface area contributed by atoms with Gasteiger partial charge in [-0.1, -0.05) is 45.4 Å². The first-order valence-corrected chi connectivity index (χ1v) is 12.2. The first-order valence-electron chi connectivity index (χ1n) is 10.3. The van der Waals surface area contributed by atoms with E-state index in [0.29, 0.717) is 11.1 Å². The number of nitrogens with one attached hydrogen (secondary N) is 2. The second-order valence-electron chi connectivity index (χ2n) is 7.26. The summed E-state index contributed by atoms with van der Waals surface area (Å²) in [4.78, 5) is 19.3. The topological polar surface area (TPSA) is 82.8 Å². The Morgan fingerprint density at radius 1 is 1.00 bits per heavy atom. The van der Waals surface area contributed by atoms with Crippen LogP contribution in [0.15, 0.2) is 52.2 Å². The number of benzene rings is 2. The Morgan fingerprint density at radius 2 is 1.73 bits per heavy atom. The van der Waals surface area contributed by atoms with Gasteiger partial charge in [-0.2, -0.15) is 0 Å². The molecule has 0 unspecified atom stereocenters. The zero-order valence-electron chi connectivity index (χ0n) is 18.1. The van der Waals surface area contributed by atoms with E-state index in [1.807, 2.05) is 26.0 Å². The second-order valence-corrected chi connectivity index (χ2v) is 9.27. The Hall–Kier alpha value is -2.86. The molecule has 0 aliphatic rings. The molecule has 0 bridgehead atoms. The molecule has 6 heteroatoms. The van der Waals surface area contributed by atoms with Gasteiger partial charge in [-0.15, -0.1) is 0 Å². The van der Waals surface area contributed by atoms with Crippen molar-refractivity contribution in [3.8, 4) is 11.1 Å². The Bertz CT molecular complexity index is 1390. The lowest BCUT2D eigenvalue weighted by molar-refractivity contribution is 0.602. The summed E-state index contributed by atoms with van der Waals surface area (Å²) >= 11 is 0. The molecule has 0 atom stereocenters. The number of sulfone groups is 1. The van der Waals surface area contributed by atoms with Gasteiger partial charge in [0.2, 0.25) is 0 Å². The standard InChI is InChI=1S/C22H22N2O3S.C2H6.2H2/c1-4-6-14-9-10-18-17(11-14)20-21(23-18)19(13(2)22(25)24-20)15-7-5-8-16(12-15)28(3,26)27;1-2;;/h5,7-12,23H,4,6H2,1-3H3,(H,24,25);1-2H3;2*1H. The molecule has 0 saturated heterocycles. The summed E-state index contributed by atoms with van der Waals surface area (Å²) in [5.41, 5.74) is 5.55. The average Bonchev–Trinajstić information content (AvgIpc) is 3.07. The summed E-state index contributed by atoms with van der Waals surface area (Å²) in [6.07, 6.45) is 3.21. The van der Waals surface area contributed by atoms with E-state index in [9.17, 15) is 13.2 Å². The molecular weight excluding hydrogens is 396 g/mol. The van der Waals surface area contributed by atoms with E-state index in [0.717, 1.165) is 40.3 Å². The molecule has 0 fully saturated rings. The maximum atomic E-state index is 12.7. The van der Waals surface area contributed by atoms with Gasteiger partial charge in [0.05, 0.1) is 15.9 Å².